The van der Waals surface area contributed by atoms with Crippen LogP contribution in [-0.2, 0) is 4.74 Å². The van der Waals surface area contributed by atoms with E-state index in [1.165, 1.54) is 10.9 Å². The number of hydrogen-bond acceptors (Lipinski definition) is 8. The third kappa shape index (κ3) is 2.19. The van der Waals surface area contributed by atoms with E-state index < -0.39 is 31.1 Å². The Morgan fingerprint density at radius 1 is 1.35 bits per heavy atom. The van der Waals surface area contributed by atoms with Crippen LogP contribution in [0.3, 0.4) is 0 Å². The van der Waals surface area contributed by atoms with E-state index in [1.807, 2.05) is 0 Å². The quantitative estimate of drug-likeness (QED) is 0.418. The molecule has 1 saturated heterocycles. The molecule has 0 radical (unpaired) electrons. The van der Waals surface area contributed by atoms with Crippen LogP contribution >= 0.6 is 0 Å². The summed E-state index contributed by atoms with van der Waals surface area (Å²) < 4.78 is 7.16. The summed E-state index contributed by atoms with van der Waals surface area (Å²) in [5.74, 6) is 0.116. The van der Waals surface area contributed by atoms with Gasteiger partial charge < -0.3 is 30.8 Å². The molecule has 26 heavy (non-hydrogen) atoms. The van der Waals surface area contributed by atoms with Crippen LogP contribution in [0.25, 0.3) is 22.4 Å². The number of nitrogens with one attached hydrogen (secondary N) is 1. The highest BCUT2D eigenvalue weighted by Gasteiger charge is 2.45. The SMILES string of the molecule is N#Cc1c(-c2ccc[nH]2)n([C@H]2O[C@@H](CO)[C@@H](O)[C@@H]2O)c2ncnc(N)c12. The second-order valence-corrected chi connectivity index (χ2v) is 5.98. The minimum absolute atomic E-state index is 0.116. The Morgan fingerprint density at radius 2 is 2.15 bits per heavy atom. The Hall–Kier alpha value is -2.97. The molecule has 0 bridgehead atoms. The number of ether oxygens (including phenoxy) is 1. The number of aromatic nitrogens is 4. The highest BCUT2D eigenvalue weighted by molar-refractivity contribution is 5.98. The van der Waals surface area contributed by atoms with E-state index in [2.05, 4.69) is 21.0 Å². The van der Waals surface area contributed by atoms with Crippen molar-refractivity contribution in [3.63, 3.8) is 0 Å². The fraction of sp³-hybridized carbons (Fsp3) is 0.312. The van der Waals surface area contributed by atoms with E-state index in [9.17, 15) is 20.6 Å². The Balaban J connectivity index is 2.04. The summed E-state index contributed by atoms with van der Waals surface area (Å²) in [4.78, 5) is 11.2. The third-order valence-corrected chi connectivity index (χ3v) is 4.55. The van der Waals surface area contributed by atoms with Crippen molar-refractivity contribution in [1.29, 1.82) is 5.26 Å². The molecule has 0 unspecified atom stereocenters. The van der Waals surface area contributed by atoms with Gasteiger partial charge in [0.05, 0.1) is 28.9 Å². The zero-order valence-electron chi connectivity index (χ0n) is 13.4. The number of aliphatic hydroxyl groups excluding tert-OH is 3. The van der Waals surface area contributed by atoms with Crippen molar-refractivity contribution in [3.8, 4) is 17.5 Å². The number of H-pyrrole nitrogens is 1. The van der Waals surface area contributed by atoms with Crippen molar-refractivity contribution in [2.45, 2.75) is 24.5 Å². The number of nitrogens with two attached hydrogens (primary N) is 1. The van der Waals surface area contributed by atoms with Crippen LogP contribution in [0.15, 0.2) is 24.7 Å². The fourth-order valence-corrected chi connectivity index (χ4v) is 3.35. The predicted molar refractivity (Wildman–Crippen MR) is 89.5 cm³/mol. The van der Waals surface area contributed by atoms with Crippen molar-refractivity contribution < 1.29 is 20.1 Å². The monoisotopic (exact) mass is 356 g/mol. The number of nitriles is 1. The highest BCUT2D eigenvalue weighted by Crippen LogP contribution is 2.40. The van der Waals surface area contributed by atoms with Gasteiger partial charge >= 0.3 is 0 Å². The van der Waals surface area contributed by atoms with Gasteiger partial charge in [0.2, 0.25) is 0 Å². The second-order valence-electron chi connectivity index (χ2n) is 5.98. The van der Waals surface area contributed by atoms with Crippen LogP contribution in [0.1, 0.15) is 11.8 Å². The fourth-order valence-electron chi connectivity index (χ4n) is 3.35. The normalized spacial score (nSPS) is 25.6. The Morgan fingerprint density at radius 3 is 2.77 bits per heavy atom. The van der Waals surface area contributed by atoms with Gasteiger partial charge in [-0.3, -0.25) is 4.57 Å². The molecule has 134 valence electrons. The lowest BCUT2D eigenvalue weighted by Gasteiger charge is -2.20. The lowest BCUT2D eigenvalue weighted by atomic mass is 10.1. The Kier molecular flexibility index (Phi) is 3.86. The van der Waals surface area contributed by atoms with Crippen LogP contribution in [0.2, 0.25) is 0 Å². The van der Waals surface area contributed by atoms with E-state index in [0.717, 1.165) is 0 Å². The summed E-state index contributed by atoms with van der Waals surface area (Å²) >= 11 is 0. The number of fused-ring (bicyclic) bond motifs is 1. The molecule has 3 aromatic heterocycles. The van der Waals surface area contributed by atoms with Gasteiger partial charge in [0.15, 0.2) is 6.23 Å². The van der Waals surface area contributed by atoms with E-state index in [0.29, 0.717) is 16.8 Å². The number of nitrogens with zero attached hydrogens (tertiary/aromatic N) is 4. The summed E-state index contributed by atoms with van der Waals surface area (Å²) in [5, 5.41) is 40.0. The van der Waals surface area contributed by atoms with E-state index >= 15 is 0 Å². The molecule has 0 spiro atoms. The molecule has 1 aliphatic heterocycles. The molecule has 0 aromatic carbocycles. The van der Waals surface area contributed by atoms with Gasteiger partial charge in [-0.15, -0.1) is 0 Å². The first kappa shape index (κ1) is 16.5. The lowest BCUT2D eigenvalue weighted by Crippen LogP contribution is -2.33. The van der Waals surface area contributed by atoms with Crippen LogP contribution in [0.4, 0.5) is 5.82 Å². The van der Waals surface area contributed by atoms with Gasteiger partial charge in [-0.25, -0.2) is 9.97 Å². The van der Waals surface area contributed by atoms with Gasteiger partial charge in [-0.05, 0) is 12.1 Å². The van der Waals surface area contributed by atoms with Crippen molar-refractivity contribution >= 4 is 16.9 Å². The predicted octanol–water partition coefficient (Wildman–Crippen LogP) is -0.508. The first-order valence-electron chi connectivity index (χ1n) is 7.89. The highest BCUT2D eigenvalue weighted by atomic mass is 16.6. The number of anilines is 1. The molecule has 0 amide bonds. The molecule has 1 aliphatic rings. The standard InChI is InChI=1S/C16H16N6O4/c17-4-7-10-14(18)20-6-21-15(10)22(11(7)8-2-1-3-19-8)16-13(25)12(24)9(5-23)26-16/h1-3,6,9,12-13,16,19,23-25H,5H2,(H2,18,20,21)/t9-,12+,13-,16-/m0/s1. The van der Waals surface area contributed by atoms with Crippen LogP contribution < -0.4 is 5.73 Å². The number of aromatic amines is 1. The smallest absolute Gasteiger partial charge is 0.165 e. The van der Waals surface area contributed by atoms with Crippen molar-refractivity contribution in [1.82, 2.24) is 19.5 Å². The number of hydrogen-bond donors (Lipinski definition) is 5. The third-order valence-electron chi connectivity index (χ3n) is 4.55. The van der Waals surface area contributed by atoms with Crippen LogP contribution in [0, 0.1) is 11.3 Å². The molecule has 3 aromatic rings. The van der Waals surface area contributed by atoms with Gasteiger partial charge in [-0.2, -0.15) is 5.26 Å². The molecular weight excluding hydrogens is 340 g/mol. The van der Waals surface area contributed by atoms with Crippen molar-refractivity contribution in [3.05, 3.63) is 30.2 Å². The zero-order valence-corrected chi connectivity index (χ0v) is 13.4. The molecule has 6 N–H and O–H groups in total. The maximum absolute atomic E-state index is 10.5. The van der Waals surface area contributed by atoms with Gasteiger partial charge in [0.1, 0.15) is 42.2 Å². The molecule has 1 fully saturated rings. The first-order valence-corrected chi connectivity index (χ1v) is 7.89. The average molecular weight is 356 g/mol. The first-order chi connectivity index (χ1) is 12.6. The molecule has 0 saturated carbocycles. The maximum atomic E-state index is 10.5. The maximum Gasteiger partial charge on any atom is 0.165 e. The summed E-state index contributed by atoms with van der Waals surface area (Å²) in [5.41, 5.74) is 7.45. The topological polar surface area (TPSA) is 166 Å². The van der Waals surface area contributed by atoms with Gasteiger partial charge in [-0.1, -0.05) is 0 Å². The van der Waals surface area contributed by atoms with Crippen molar-refractivity contribution in [2.24, 2.45) is 0 Å². The average Bonchev–Trinajstić information content (AvgIpc) is 3.33. The molecule has 4 heterocycles. The largest absolute Gasteiger partial charge is 0.394 e. The van der Waals surface area contributed by atoms with E-state index in [4.69, 9.17) is 10.5 Å². The molecule has 4 rings (SSSR count). The molecule has 10 heteroatoms. The summed E-state index contributed by atoms with van der Waals surface area (Å²) in [6.07, 6.45) is -1.73. The van der Waals surface area contributed by atoms with E-state index in [1.54, 1.807) is 18.3 Å². The molecule has 10 nitrogen and oxygen atoms in total. The Labute approximate surface area is 147 Å². The van der Waals surface area contributed by atoms with Crippen LogP contribution in [-0.4, -0.2) is 59.8 Å². The minimum atomic E-state index is -1.33. The minimum Gasteiger partial charge on any atom is -0.394 e. The number of nitrogen functional groups attached to an aromatic ring is 1. The molecule has 4 atom stereocenters. The number of aliphatic hydroxyl groups is 3. The zero-order chi connectivity index (χ0) is 18.4. The van der Waals surface area contributed by atoms with Crippen LogP contribution in [0.5, 0.6) is 0 Å². The second kappa shape index (κ2) is 6.08. The molecule has 0 aliphatic carbocycles. The van der Waals surface area contributed by atoms with Gasteiger partial charge in [0.25, 0.3) is 0 Å². The molecular formula is C16H16N6O4. The number of rotatable bonds is 3. The summed E-state index contributed by atoms with van der Waals surface area (Å²) in [6.45, 7) is -0.464. The Bertz CT molecular complexity index is 992. The lowest BCUT2D eigenvalue weighted by molar-refractivity contribution is -0.0501. The van der Waals surface area contributed by atoms with Crippen molar-refractivity contribution in [2.75, 3.05) is 12.3 Å². The summed E-state index contributed by atoms with van der Waals surface area (Å²) in [7, 11) is 0. The summed E-state index contributed by atoms with van der Waals surface area (Å²) in [6, 6.07) is 5.61. The van der Waals surface area contributed by atoms with Gasteiger partial charge in [0, 0.05) is 6.20 Å². The van der Waals surface area contributed by atoms with E-state index in [-0.39, 0.29) is 17.0 Å².